The van der Waals surface area contributed by atoms with Crippen molar-refractivity contribution in [3.05, 3.63) is 65.7 Å². The molecule has 2 aromatic rings. The summed E-state index contributed by atoms with van der Waals surface area (Å²) in [7, 11) is 1.75. The maximum absolute atomic E-state index is 11.8. The van der Waals surface area contributed by atoms with E-state index >= 15 is 0 Å². The van der Waals surface area contributed by atoms with Crippen molar-refractivity contribution < 1.29 is 9.53 Å². The van der Waals surface area contributed by atoms with Gasteiger partial charge in [0.25, 0.3) is 0 Å². The minimum Gasteiger partial charge on any atom is -0.444 e. The molecule has 5 nitrogen and oxygen atoms in total. The van der Waals surface area contributed by atoms with Crippen LogP contribution in [0, 0.1) is 11.3 Å². The van der Waals surface area contributed by atoms with Gasteiger partial charge in [0.2, 0.25) is 0 Å². The first-order valence-corrected chi connectivity index (χ1v) is 8.86. The molecule has 2 aromatic carbocycles. The molecule has 134 valence electrons. The highest BCUT2D eigenvalue weighted by Crippen LogP contribution is 2.20. The Morgan fingerprint density at radius 1 is 1.23 bits per heavy atom. The van der Waals surface area contributed by atoms with Crippen molar-refractivity contribution in [2.75, 3.05) is 31.6 Å². The molecule has 1 heterocycles. The molecular weight excluding hydrogens is 326 g/mol. The maximum atomic E-state index is 11.8. The van der Waals surface area contributed by atoms with Gasteiger partial charge in [0.1, 0.15) is 6.10 Å². The Morgan fingerprint density at radius 3 is 2.77 bits per heavy atom. The Bertz CT molecular complexity index is 785. The second kappa shape index (κ2) is 8.39. The third-order valence-corrected chi connectivity index (χ3v) is 4.64. The van der Waals surface area contributed by atoms with Gasteiger partial charge >= 0.3 is 6.09 Å². The molecule has 3 rings (SSSR count). The molecule has 1 saturated heterocycles. The minimum atomic E-state index is -0.268. The third kappa shape index (κ3) is 4.54. The van der Waals surface area contributed by atoms with Crippen molar-refractivity contribution in [1.29, 1.82) is 5.26 Å². The number of carbonyl (C=O) groups is 1. The van der Waals surface area contributed by atoms with Crippen molar-refractivity contribution in [3.8, 4) is 6.07 Å². The summed E-state index contributed by atoms with van der Waals surface area (Å²) in [6.45, 7) is 2.12. The van der Waals surface area contributed by atoms with E-state index in [1.165, 1.54) is 5.56 Å². The topological polar surface area (TPSA) is 56.6 Å². The number of hydrogen-bond acceptors (Lipinski definition) is 4. The number of carbonyl (C=O) groups excluding carboxylic acids is 1. The number of rotatable bonds is 6. The summed E-state index contributed by atoms with van der Waals surface area (Å²) in [5.41, 5.74) is 2.87. The molecule has 0 N–H and O–H groups in total. The SMILES string of the molecule is CN1CC[C@@H](CN(CCc2ccccc2)c2cccc(C#N)c2)OC1=O. The fraction of sp³-hybridized carbons (Fsp3) is 0.333. The predicted molar refractivity (Wildman–Crippen MR) is 101 cm³/mol. The molecule has 1 aliphatic rings. The van der Waals surface area contributed by atoms with E-state index in [-0.39, 0.29) is 12.2 Å². The molecule has 1 amide bonds. The zero-order valence-corrected chi connectivity index (χ0v) is 15.0. The van der Waals surface area contributed by atoms with Crippen LogP contribution in [0.3, 0.4) is 0 Å². The van der Waals surface area contributed by atoms with Crippen molar-refractivity contribution >= 4 is 11.8 Å². The van der Waals surface area contributed by atoms with Gasteiger partial charge in [0.15, 0.2) is 0 Å². The van der Waals surface area contributed by atoms with E-state index in [9.17, 15) is 10.1 Å². The summed E-state index contributed by atoms with van der Waals surface area (Å²) in [5.74, 6) is 0. The zero-order chi connectivity index (χ0) is 18.4. The van der Waals surface area contributed by atoms with E-state index in [4.69, 9.17) is 4.74 Å². The standard InChI is InChI=1S/C21H23N3O2/c1-23-12-11-20(26-21(23)25)16-24(13-10-17-6-3-2-4-7-17)19-9-5-8-18(14-19)15-22/h2-9,14,20H,10-13,16H2,1H3/t20-/m0/s1. The molecule has 26 heavy (non-hydrogen) atoms. The van der Waals surface area contributed by atoms with E-state index in [0.717, 1.165) is 25.1 Å². The van der Waals surface area contributed by atoms with E-state index in [0.29, 0.717) is 18.7 Å². The quantitative estimate of drug-likeness (QED) is 0.801. The molecule has 0 saturated carbocycles. The average Bonchev–Trinajstić information content (AvgIpc) is 2.68. The van der Waals surface area contributed by atoms with Crippen molar-refractivity contribution in [2.45, 2.75) is 18.9 Å². The lowest BCUT2D eigenvalue weighted by molar-refractivity contribution is 0.0364. The van der Waals surface area contributed by atoms with Gasteiger partial charge < -0.3 is 14.5 Å². The summed E-state index contributed by atoms with van der Waals surface area (Å²) >= 11 is 0. The predicted octanol–water partition coefficient (Wildman–Crippen LogP) is 3.45. The van der Waals surface area contributed by atoms with E-state index in [1.807, 2.05) is 36.4 Å². The van der Waals surface area contributed by atoms with Crippen molar-refractivity contribution in [2.24, 2.45) is 0 Å². The van der Waals surface area contributed by atoms with Crippen LogP contribution in [0.5, 0.6) is 0 Å². The first kappa shape index (κ1) is 17.8. The molecule has 0 spiro atoms. The highest BCUT2D eigenvalue weighted by molar-refractivity contribution is 5.68. The van der Waals surface area contributed by atoms with E-state index < -0.39 is 0 Å². The number of nitrogens with zero attached hydrogens (tertiary/aromatic N) is 3. The van der Waals surface area contributed by atoms with Crippen LogP contribution in [0.25, 0.3) is 0 Å². The first-order chi connectivity index (χ1) is 12.7. The second-order valence-corrected chi connectivity index (χ2v) is 6.56. The van der Waals surface area contributed by atoms with Gasteiger partial charge in [-0.15, -0.1) is 0 Å². The van der Waals surface area contributed by atoms with Crippen LogP contribution in [0.1, 0.15) is 17.5 Å². The van der Waals surface area contributed by atoms with Crippen LogP contribution >= 0.6 is 0 Å². The van der Waals surface area contributed by atoms with Gasteiger partial charge in [-0.05, 0) is 30.2 Å². The number of hydrogen-bond donors (Lipinski definition) is 0. The minimum absolute atomic E-state index is 0.139. The fourth-order valence-corrected chi connectivity index (χ4v) is 3.10. The number of ether oxygens (including phenoxy) is 1. The van der Waals surface area contributed by atoms with Crippen molar-refractivity contribution in [1.82, 2.24) is 4.90 Å². The normalized spacial score (nSPS) is 16.7. The van der Waals surface area contributed by atoms with Gasteiger partial charge in [0.05, 0.1) is 18.2 Å². The summed E-state index contributed by atoms with van der Waals surface area (Å²) < 4.78 is 5.54. The van der Waals surface area contributed by atoms with Gasteiger partial charge in [-0.25, -0.2) is 4.79 Å². The summed E-state index contributed by atoms with van der Waals surface area (Å²) in [6.07, 6.45) is 1.29. The van der Waals surface area contributed by atoms with E-state index in [1.54, 1.807) is 18.0 Å². The van der Waals surface area contributed by atoms with Crippen LogP contribution in [-0.2, 0) is 11.2 Å². The number of cyclic esters (lactones) is 1. The van der Waals surface area contributed by atoms with E-state index in [2.05, 4.69) is 23.1 Å². The summed E-state index contributed by atoms with van der Waals surface area (Å²) in [5, 5.41) is 9.19. The van der Waals surface area contributed by atoms with Crippen molar-refractivity contribution in [3.63, 3.8) is 0 Å². The van der Waals surface area contributed by atoms with Gasteiger partial charge in [-0.2, -0.15) is 5.26 Å². The maximum Gasteiger partial charge on any atom is 0.409 e. The van der Waals surface area contributed by atoms with Gasteiger partial charge in [-0.1, -0.05) is 36.4 Å². The highest BCUT2D eigenvalue weighted by Gasteiger charge is 2.26. The lowest BCUT2D eigenvalue weighted by atomic mass is 10.1. The molecular formula is C21H23N3O2. The molecule has 1 fully saturated rings. The number of benzene rings is 2. The van der Waals surface area contributed by atoms with Crippen LogP contribution < -0.4 is 4.90 Å². The van der Waals surface area contributed by atoms with Crippen LogP contribution in [-0.4, -0.2) is 43.8 Å². The van der Waals surface area contributed by atoms with Crippen LogP contribution in [0.15, 0.2) is 54.6 Å². The van der Waals surface area contributed by atoms with Crippen LogP contribution in [0.2, 0.25) is 0 Å². The Kier molecular flexibility index (Phi) is 5.75. The third-order valence-electron chi connectivity index (χ3n) is 4.64. The Hall–Kier alpha value is -3.00. The van der Waals surface area contributed by atoms with Gasteiger partial charge in [0, 0.05) is 32.2 Å². The second-order valence-electron chi connectivity index (χ2n) is 6.56. The molecule has 0 aliphatic carbocycles. The Balaban J connectivity index is 1.74. The lowest BCUT2D eigenvalue weighted by Gasteiger charge is -2.34. The largest absolute Gasteiger partial charge is 0.444 e. The molecule has 0 aromatic heterocycles. The number of amides is 1. The number of nitriles is 1. The fourth-order valence-electron chi connectivity index (χ4n) is 3.10. The van der Waals surface area contributed by atoms with Gasteiger partial charge in [-0.3, -0.25) is 0 Å². The molecule has 0 radical (unpaired) electrons. The first-order valence-electron chi connectivity index (χ1n) is 8.86. The zero-order valence-electron chi connectivity index (χ0n) is 15.0. The smallest absolute Gasteiger partial charge is 0.409 e. The summed E-state index contributed by atoms with van der Waals surface area (Å²) in [6, 6.07) is 20.1. The van der Waals surface area contributed by atoms with Crippen LogP contribution in [0.4, 0.5) is 10.5 Å². The molecule has 1 aliphatic heterocycles. The molecule has 5 heteroatoms. The average molecular weight is 349 g/mol. The molecule has 1 atom stereocenters. The monoisotopic (exact) mass is 349 g/mol. The lowest BCUT2D eigenvalue weighted by Crippen LogP contribution is -2.45. The highest BCUT2D eigenvalue weighted by atomic mass is 16.6. The number of anilines is 1. The molecule has 0 unspecified atom stereocenters. The summed E-state index contributed by atoms with van der Waals surface area (Å²) in [4.78, 5) is 15.6. The molecule has 0 bridgehead atoms. The Morgan fingerprint density at radius 2 is 2.04 bits per heavy atom. The Labute approximate surface area is 154 Å².